The molecule has 22 heavy (non-hydrogen) atoms. The predicted molar refractivity (Wildman–Crippen MR) is 96.8 cm³/mol. The summed E-state index contributed by atoms with van der Waals surface area (Å²) in [6.07, 6.45) is 2.16. The van der Waals surface area contributed by atoms with Crippen LogP contribution in [0.4, 0.5) is 0 Å². The van der Waals surface area contributed by atoms with Gasteiger partial charge in [0.05, 0.1) is 12.1 Å². The second kappa shape index (κ2) is 10.5. The van der Waals surface area contributed by atoms with E-state index in [4.69, 9.17) is 0 Å². The molecule has 1 saturated heterocycles. The molecule has 1 aromatic rings. The van der Waals surface area contributed by atoms with Gasteiger partial charge in [-0.15, -0.1) is 24.2 Å². The van der Waals surface area contributed by atoms with E-state index in [1.807, 2.05) is 30.0 Å². The van der Waals surface area contributed by atoms with Gasteiger partial charge in [0, 0.05) is 22.5 Å². The molecule has 1 aliphatic heterocycles. The van der Waals surface area contributed by atoms with E-state index in [0.717, 1.165) is 23.1 Å². The number of hydrogen-bond acceptors (Lipinski definition) is 4. The van der Waals surface area contributed by atoms with Crippen molar-refractivity contribution < 1.29 is 9.90 Å². The average Bonchev–Trinajstić information content (AvgIpc) is 2.91. The largest absolute Gasteiger partial charge is 0.392 e. The van der Waals surface area contributed by atoms with Crippen molar-refractivity contribution in [2.75, 3.05) is 18.8 Å². The van der Waals surface area contributed by atoms with Crippen molar-refractivity contribution in [3.05, 3.63) is 28.7 Å². The number of unbranched alkanes of at least 4 members (excludes halogenated alkanes) is 1. The highest BCUT2D eigenvalue weighted by atomic mass is 79.9. The van der Waals surface area contributed by atoms with Crippen LogP contribution in [0.1, 0.15) is 19.3 Å². The minimum Gasteiger partial charge on any atom is -0.392 e. The maximum atomic E-state index is 11.8. The molecule has 0 bridgehead atoms. The minimum absolute atomic E-state index is 0. The number of carbonyl (C=O) groups is 1. The maximum absolute atomic E-state index is 11.8. The number of β-amino-alcohol motifs (C(OH)–C–C–N with tert-alkyl or cyclic N) is 1. The van der Waals surface area contributed by atoms with Gasteiger partial charge >= 0.3 is 0 Å². The fraction of sp³-hybridized carbons (Fsp3) is 0.533. The van der Waals surface area contributed by atoms with Gasteiger partial charge in [-0.3, -0.25) is 4.79 Å². The first-order valence-electron chi connectivity index (χ1n) is 7.23. The molecule has 0 aliphatic carbocycles. The number of thioether (sulfide) groups is 1. The van der Waals surface area contributed by atoms with E-state index in [2.05, 4.69) is 32.6 Å². The van der Waals surface area contributed by atoms with Crippen LogP contribution in [0, 0.1) is 0 Å². The molecule has 2 unspecified atom stereocenters. The van der Waals surface area contributed by atoms with Gasteiger partial charge in [0.25, 0.3) is 0 Å². The minimum atomic E-state index is -0.388. The van der Waals surface area contributed by atoms with Crippen molar-refractivity contribution in [2.24, 2.45) is 0 Å². The van der Waals surface area contributed by atoms with Crippen molar-refractivity contribution in [3.8, 4) is 0 Å². The lowest BCUT2D eigenvalue weighted by Gasteiger charge is -2.10. The molecule has 1 heterocycles. The van der Waals surface area contributed by atoms with Crippen LogP contribution in [-0.2, 0) is 4.79 Å². The van der Waals surface area contributed by atoms with E-state index in [9.17, 15) is 9.90 Å². The summed E-state index contributed by atoms with van der Waals surface area (Å²) in [5.41, 5.74) is 0. The Kier molecular flexibility index (Phi) is 9.43. The van der Waals surface area contributed by atoms with Crippen LogP contribution in [0.5, 0.6) is 0 Å². The highest BCUT2D eigenvalue weighted by Crippen LogP contribution is 2.27. The van der Waals surface area contributed by atoms with Gasteiger partial charge in [0.1, 0.15) is 0 Å². The monoisotopic (exact) mass is 408 g/mol. The van der Waals surface area contributed by atoms with E-state index in [-0.39, 0.29) is 30.5 Å². The van der Waals surface area contributed by atoms with Crippen LogP contribution < -0.4 is 10.6 Å². The Hall–Kier alpha value is -0.270. The lowest BCUT2D eigenvalue weighted by atomic mass is 10.2. The van der Waals surface area contributed by atoms with Crippen LogP contribution >= 0.6 is 40.1 Å². The van der Waals surface area contributed by atoms with Gasteiger partial charge in [-0.1, -0.05) is 12.1 Å². The van der Waals surface area contributed by atoms with Crippen molar-refractivity contribution in [1.29, 1.82) is 0 Å². The first kappa shape index (κ1) is 19.8. The second-order valence-corrected chi connectivity index (χ2v) is 7.12. The first-order valence-corrected chi connectivity index (χ1v) is 9.01. The van der Waals surface area contributed by atoms with Crippen LogP contribution in [0.25, 0.3) is 0 Å². The first-order chi connectivity index (χ1) is 10.2. The third-order valence-electron chi connectivity index (χ3n) is 3.39. The second-order valence-electron chi connectivity index (χ2n) is 5.13. The summed E-state index contributed by atoms with van der Waals surface area (Å²) in [7, 11) is 0. The average molecular weight is 410 g/mol. The third-order valence-corrected chi connectivity index (χ3v) is 5.50. The number of benzene rings is 1. The zero-order valence-electron chi connectivity index (χ0n) is 12.3. The van der Waals surface area contributed by atoms with E-state index in [1.165, 1.54) is 4.90 Å². The SMILES string of the molecule is Cl.O=C(NCCCCSc1ccccc1Br)C1CC(O)CN1. The van der Waals surface area contributed by atoms with Gasteiger partial charge in [-0.25, -0.2) is 0 Å². The topological polar surface area (TPSA) is 61.4 Å². The molecule has 1 aromatic carbocycles. The normalized spacial score (nSPS) is 20.5. The van der Waals surface area contributed by atoms with E-state index < -0.39 is 0 Å². The summed E-state index contributed by atoms with van der Waals surface area (Å²) in [6, 6.07) is 7.97. The molecule has 0 radical (unpaired) electrons. The van der Waals surface area contributed by atoms with E-state index in [0.29, 0.717) is 19.5 Å². The van der Waals surface area contributed by atoms with Gasteiger partial charge < -0.3 is 15.7 Å². The Morgan fingerprint density at radius 3 is 2.86 bits per heavy atom. The number of aliphatic hydroxyl groups is 1. The molecule has 124 valence electrons. The quantitative estimate of drug-likeness (QED) is 0.478. The molecule has 1 amide bonds. The summed E-state index contributed by atoms with van der Waals surface area (Å²) >= 11 is 5.36. The molecular formula is C15H22BrClN2O2S. The molecule has 7 heteroatoms. The third kappa shape index (κ3) is 6.46. The Morgan fingerprint density at radius 1 is 1.41 bits per heavy atom. The van der Waals surface area contributed by atoms with Gasteiger partial charge in [0.15, 0.2) is 0 Å². The summed E-state index contributed by atoms with van der Waals surface area (Å²) in [5.74, 6) is 1.05. The zero-order valence-corrected chi connectivity index (χ0v) is 15.5. The van der Waals surface area contributed by atoms with Gasteiger partial charge in [-0.2, -0.15) is 0 Å². The van der Waals surface area contributed by atoms with Crippen LogP contribution in [0.15, 0.2) is 33.6 Å². The van der Waals surface area contributed by atoms with Crippen molar-refractivity contribution in [2.45, 2.75) is 36.3 Å². The molecule has 0 saturated carbocycles. The molecule has 2 rings (SSSR count). The maximum Gasteiger partial charge on any atom is 0.237 e. The van der Waals surface area contributed by atoms with Crippen LogP contribution in [0.3, 0.4) is 0 Å². The number of carbonyl (C=O) groups excluding carboxylic acids is 1. The number of hydrogen-bond donors (Lipinski definition) is 3. The molecule has 1 aliphatic rings. The summed E-state index contributed by atoms with van der Waals surface area (Å²) in [4.78, 5) is 13.0. The lowest BCUT2D eigenvalue weighted by molar-refractivity contribution is -0.122. The Bertz CT molecular complexity index is 479. The molecule has 4 nitrogen and oxygen atoms in total. The predicted octanol–water partition coefficient (Wildman–Crippen LogP) is 2.58. The Morgan fingerprint density at radius 2 is 2.18 bits per heavy atom. The smallest absolute Gasteiger partial charge is 0.237 e. The number of halogens is 2. The van der Waals surface area contributed by atoms with Crippen LogP contribution in [0.2, 0.25) is 0 Å². The van der Waals surface area contributed by atoms with E-state index in [1.54, 1.807) is 0 Å². The molecule has 2 atom stereocenters. The highest BCUT2D eigenvalue weighted by molar-refractivity contribution is 9.10. The zero-order chi connectivity index (χ0) is 15.1. The molecule has 0 aromatic heterocycles. The number of nitrogens with one attached hydrogen (secondary N) is 2. The summed E-state index contributed by atoms with van der Waals surface area (Å²) in [5, 5.41) is 15.3. The molecule has 0 spiro atoms. The van der Waals surface area contributed by atoms with E-state index >= 15 is 0 Å². The molecule has 3 N–H and O–H groups in total. The number of rotatable bonds is 7. The summed E-state index contributed by atoms with van der Waals surface area (Å²) in [6.45, 7) is 1.21. The Labute approximate surface area is 150 Å². The Balaban J connectivity index is 0.00000242. The molecule has 1 fully saturated rings. The molecular weight excluding hydrogens is 388 g/mol. The number of aliphatic hydroxyl groups excluding tert-OH is 1. The van der Waals surface area contributed by atoms with Gasteiger partial charge in [0.2, 0.25) is 5.91 Å². The van der Waals surface area contributed by atoms with Crippen molar-refractivity contribution in [1.82, 2.24) is 10.6 Å². The van der Waals surface area contributed by atoms with Crippen molar-refractivity contribution >= 4 is 46.0 Å². The fourth-order valence-electron chi connectivity index (χ4n) is 2.22. The van der Waals surface area contributed by atoms with Crippen LogP contribution in [-0.4, -0.2) is 42.0 Å². The standard InChI is InChI=1S/C15H21BrN2O2S.ClH/c16-12-5-1-2-6-14(12)21-8-4-3-7-17-15(20)13-9-11(19)10-18-13;/h1-2,5-6,11,13,18-19H,3-4,7-10H2,(H,17,20);1H. The van der Waals surface area contributed by atoms with Crippen molar-refractivity contribution in [3.63, 3.8) is 0 Å². The number of amides is 1. The highest BCUT2D eigenvalue weighted by Gasteiger charge is 2.27. The van der Waals surface area contributed by atoms with Gasteiger partial charge in [-0.05, 0) is 53.1 Å². The summed E-state index contributed by atoms with van der Waals surface area (Å²) < 4.78 is 1.13. The fourth-order valence-corrected chi connectivity index (χ4v) is 3.80. The lowest BCUT2D eigenvalue weighted by Crippen LogP contribution is -2.40.